The van der Waals surface area contributed by atoms with E-state index in [0.717, 1.165) is 6.08 Å². The van der Waals surface area contributed by atoms with Gasteiger partial charge in [0.2, 0.25) is 0 Å². The van der Waals surface area contributed by atoms with Crippen LogP contribution in [-0.2, 0) is 9.53 Å². The molecule has 13 heavy (non-hydrogen) atoms. The molecule has 2 N–H and O–H groups in total. The van der Waals surface area contributed by atoms with Gasteiger partial charge in [-0.3, -0.25) is 0 Å². The lowest BCUT2D eigenvalue weighted by Gasteiger charge is -2.05. The summed E-state index contributed by atoms with van der Waals surface area (Å²) in [7, 11) is 3.75. The predicted octanol–water partition coefficient (Wildman–Crippen LogP) is 0.347. The van der Waals surface area contributed by atoms with Crippen molar-refractivity contribution < 1.29 is 14.6 Å². The fourth-order valence-corrected chi connectivity index (χ4v) is 0.536. The lowest BCUT2D eigenvalue weighted by Crippen LogP contribution is -2.18. The lowest BCUT2D eigenvalue weighted by molar-refractivity contribution is -0.140. The van der Waals surface area contributed by atoms with Gasteiger partial charge < -0.3 is 15.2 Å². The Balaban J connectivity index is 0. The molecule has 0 aliphatic carbocycles. The smallest absolute Gasteiger partial charge is 0.330 e. The van der Waals surface area contributed by atoms with Gasteiger partial charge in [0.15, 0.2) is 0 Å². The highest BCUT2D eigenvalue weighted by Gasteiger charge is 2.03. The van der Waals surface area contributed by atoms with Crippen molar-refractivity contribution in [1.29, 1.82) is 0 Å². The van der Waals surface area contributed by atoms with E-state index in [0.29, 0.717) is 4.43 Å². The van der Waals surface area contributed by atoms with E-state index in [1.54, 1.807) is 0 Å². The largest absolute Gasteiger partial charge is 0.460 e. The summed E-state index contributed by atoms with van der Waals surface area (Å²) < 4.78 is 5.09. The van der Waals surface area contributed by atoms with Crippen LogP contribution in [0, 0.1) is 0 Å². The second-order valence-corrected chi connectivity index (χ2v) is 3.02. The van der Waals surface area contributed by atoms with E-state index < -0.39 is 12.1 Å². The molecule has 0 aromatic rings. The number of esters is 1. The lowest BCUT2D eigenvalue weighted by atomic mass is 10.4. The van der Waals surface area contributed by atoms with Crippen LogP contribution in [0.25, 0.3) is 0 Å². The molecule has 0 saturated carbocycles. The molecule has 5 heteroatoms. The SMILES string of the molecule is C=CC(=O)OCC(O)CI.CNC. The molecule has 0 spiro atoms. The molecular weight excluding hydrogens is 285 g/mol. The molecule has 0 fully saturated rings. The maximum atomic E-state index is 10.4. The Morgan fingerprint density at radius 2 is 2.23 bits per heavy atom. The molecular formula is C8H16INO3. The fourth-order valence-electron chi connectivity index (χ4n) is 0.282. The van der Waals surface area contributed by atoms with E-state index in [2.05, 4.69) is 16.6 Å². The van der Waals surface area contributed by atoms with Gasteiger partial charge in [0, 0.05) is 10.5 Å². The Labute approximate surface area is 92.5 Å². The number of carbonyl (C=O) groups excluding carboxylic acids is 1. The van der Waals surface area contributed by atoms with E-state index in [9.17, 15) is 4.79 Å². The highest BCUT2D eigenvalue weighted by atomic mass is 127. The van der Waals surface area contributed by atoms with Gasteiger partial charge in [-0.2, -0.15) is 0 Å². The maximum Gasteiger partial charge on any atom is 0.330 e. The molecule has 0 radical (unpaired) electrons. The molecule has 0 rings (SSSR count). The van der Waals surface area contributed by atoms with Crippen molar-refractivity contribution in [3.63, 3.8) is 0 Å². The molecule has 1 unspecified atom stereocenters. The minimum absolute atomic E-state index is 0.0494. The van der Waals surface area contributed by atoms with Crippen molar-refractivity contribution in [2.45, 2.75) is 6.10 Å². The normalized spacial score (nSPS) is 10.8. The van der Waals surface area contributed by atoms with E-state index >= 15 is 0 Å². The Morgan fingerprint density at radius 3 is 2.54 bits per heavy atom. The minimum Gasteiger partial charge on any atom is -0.460 e. The summed E-state index contributed by atoms with van der Waals surface area (Å²) in [5.41, 5.74) is 0. The van der Waals surface area contributed by atoms with Crippen molar-refractivity contribution in [2.75, 3.05) is 25.1 Å². The van der Waals surface area contributed by atoms with Crippen LogP contribution in [0.15, 0.2) is 12.7 Å². The number of alkyl halides is 1. The average Bonchev–Trinajstić information content (AvgIpc) is 2.14. The third-order valence-corrected chi connectivity index (χ3v) is 1.78. The molecule has 0 amide bonds. The topological polar surface area (TPSA) is 58.6 Å². The molecule has 4 nitrogen and oxygen atoms in total. The standard InChI is InChI=1S/C6H9IO3.C2H7N/c1-2-6(9)10-4-5(8)3-7;1-3-2/h2,5,8H,1,3-4H2;3H,1-2H3. The number of hydrogen-bond acceptors (Lipinski definition) is 4. The van der Waals surface area contributed by atoms with Gasteiger partial charge >= 0.3 is 5.97 Å². The van der Waals surface area contributed by atoms with Gasteiger partial charge in [-0.1, -0.05) is 29.2 Å². The maximum absolute atomic E-state index is 10.4. The Hall–Kier alpha value is -0.140. The second kappa shape index (κ2) is 11.9. The summed E-state index contributed by atoms with van der Waals surface area (Å²) in [4.78, 5) is 10.4. The first-order valence-electron chi connectivity index (χ1n) is 3.74. The first-order valence-corrected chi connectivity index (χ1v) is 5.26. The van der Waals surface area contributed by atoms with Gasteiger partial charge in [0.05, 0.1) is 6.10 Å². The Morgan fingerprint density at radius 1 is 1.77 bits per heavy atom. The summed E-state index contributed by atoms with van der Waals surface area (Å²) in [6.07, 6.45) is 0.504. The van der Waals surface area contributed by atoms with Crippen LogP contribution in [0.1, 0.15) is 0 Å². The number of hydrogen-bond donors (Lipinski definition) is 2. The van der Waals surface area contributed by atoms with Crippen LogP contribution in [0.4, 0.5) is 0 Å². The first kappa shape index (κ1) is 15.3. The van der Waals surface area contributed by atoms with Gasteiger partial charge in [-0.25, -0.2) is 4.79 Å². The van der Waals surface area contributed by atoms with Gasteiger partial charge in [0.25, 0.3) is 0 Å². The summed E-state index contributed by atoms with van der Waals surface area (Å²) in [5.74, 6) is -0.496. The summed E-state index contributed by atoms with van der Waals surface area (Å²) in [5, 5.41) is 11.6. The van der Waals surface area contributed by atoms with Crippen LogP contribution in [0.2, 0.25) is 0 Å². The Bertz CT molecular complexity index is 141. The zero-order valence-electron chi connectivity index (χ0n) is 7.92. The molecule has 0 aromatic heterocycles. The summed E-state index contributed by atoms with van der Waals surface area (Å²) >= 11 is 2.01. The average molecular weight is 301 g/mol. The fraction of sp³-hybridized carbons (Fsp3) is 0.625. The zero-order valence-corrected chi connectivity index (χ0v) is 10.1. The molecule has 0 heterocycles. The monoisotopic (exact) mass is 301 g/mol. The quantitative estimate of drug-likeness (QED) is 0.340. The van der Waals surface area contributed by atoms with Gasteiger partial charge in [-0.15, -0.1) is 0 Å². The highest BCUT2D eigenvalue weighted by Crippen LogP contribution is 1.92. The molecule has 0 bridgehead atoms. The van der Waals surface area contributed by atoms with E-state index in [1.807, 2.05) is 36.7 Å². The van der Waals surface area contributed by atoms with Crippen molar-refractivity contribution >= 4 is 28.6 Å². The molecule has 0 aliphatic rings. The van der Waals surface area contributed by atoms with Crippen LogP contribution >= 0.6 is 22.6 Å². The second-order valence-electron chi connectivity index (χ2n) is 2.14. The van der Waals surface area contributed by atoms with Crippen LogP contribution in [-0.4, -0.2) is 42.3 Å². The van der Waals surface area contributed by atoms with E-state index in [-0.39, 0.29) is 6.61 Å². The van der Waals surface area contributed by atoms with Crippen molar-refractivity contribution in [1.82, 2.24) is 5.32 Å². The van der Waals surface area contributed by atoms with Crippen molar-refractivity contribution in [2.24, 2.45) is 0 Å². The third kappa shape index (κ3) is 14.7. The van der Waals surface area contributed by atoms with E-state index in [4.69, 9.17) is 5.11 Å². The molecule has 78 valence electrons. The number of carbonyl (C=O) groups is 1. The number of ether oxygens (including phenoxy) is 1. The number of halogens is 1. The van der Waals surface area contributed by atoms with Crippen LogP contribution in [0.3, 0.4) is 0 Å². The van der Waals surface area contributed by atoms with Crippen LogP contribution in [0.5, 0.6) is 0 Å². The van der Waals surface area contributed by atoms with Crippen molar-refractivity contribution in [3.05, 3.63) is 12.7 Å². The van der Waals surface area contributed by atoms with Crippen molar-refractivity contribution in [3.8, 4) is 0 Å². The number of aliphatic hydroxyl groups is 1. The van der Waals surface area contributed by atoms with Crippen LogP contribution < -0.4 is 5.32 Å². The first-order chi connectivity index (χ1) is 6.12. The predicted molar refractivity (Wildman–Crippen MR) is 61.0 cm³/mol. The minimum atomic E-state index is -0.565. The third-order valence-electron chi connectivity index (χ3n) is 0.763. The highest BCUT2D eigenvalue weighted by molar-refractivity contribution is 14.1. The number of rotatable bonds is 4. The molecule has 1 atom stereocenters. The van der Waals surface area contributed by atoms with Gasteiger partial charge in [-0.05, 0) is 14.1 Å². The molecule has 0 aromatic carbocycles. The molecule has 0 aliphatic heterocycles. The zero-order chi connectivity index (χ0) is 10.7. The summed E-state index contributed by atoms with van der Waals surface area (Å²) in [6.45, 7) is 3.26. The summed E-state index contributed by atoms with van der Waals surface area (Å²) in [6, 6.07) is 0. The number of aliphatic hydroxyl groups excluding tert-OH is 1. The van der Waals surface area contributed by atoms with E-state index in [1.165, 1.54) is 0 Å². The van der Waals surface area contributed by atoms with Gasteiger partial charge in [0.1, 0.15) is 6.61 Å². The molecule has 0 saturated heterocycles. The Kier molecular flexibility index (Phi) is 14.0. The number of nitrogens with one attached hydrogen (secondary N) is 1.